The van der Waals surface area contributed by atoms with Crippen LogP contribution < -0.4 is 5.32 Å². The van der Waals surface area contributed by atoms with E-state index >= 15 is 0 Å². The Kier molecular flexibility index (Phi) is 5.90. The molecule has 1 unspecified atom stereocenters. The Balaban J connectivity index is 2.22. The highest BCUT2D eigenvalue weighted by Crippen LogP contribution is 2.14. The first kappa shape index (κ1) is 14.9. The first-order valence-corrected chi connectivity index (χ1v) is 6.91. The molecular formula is C14H30N2O. The van der Waals surface area contributed by atoms with Gasteiger partial charge in [-0.1, -0.05) is 6.92 Å². The number of hydrogen-bond acceptors (Lipinski definition) is 3. The van der Waals surface area contributed by atoms with Gasteiger partial charge in [-0.15, -0.1) is 0 Å². The Hall–Kier alpha value is -0.120. The summed E-state index contributed by atoms with van der Waals surface area (Å²) in [6.07, 6.45) is 2.38. The normalized spacial score (nSPS) is 20.8. The van der Waals surface area contributed by atoms with Gasteiger partial charge in [0.2, 0.25) is 0 Å². The zero-order chi connectivity index (χ0) is 12.9. The van der Waals surface area contributed by atoms with Crippen LogP contribution in [0.25, 0.3) is 0 Å². The molecule has 0 aromatic carbocycles. The third-order valence-corrected chi connectivity index (χ3v) is 3.39. The average Bonchev–Trinajstić information content (AvgIpc) is 2.27. The molecule has 0 amide bonds. The van der Waals surface area contributed by atoms with Gasteiger partial charge in [0, 0.05) is 31.3 Å². The molecule has 3 heteroatoms. The van der Waals surface area contributed by atoms with Crippen molar-refractivity contribution in [1.82, 2.24) is 10.2 Å². The SMILES string of the molecule is CC(CNC(C)(C)C)CN(C)C1CCOCC1. The molecule has 0 spiro atoms. The Morgan fingerprint density at radius 1 is 1.29 bits per heavy atom. The van der Waals surface area contributed by atoms with Gasteiger partial charge in [0.25, 0.3) is 0 Å². The zero-order valence-corrected chi connectivity index (χ0v) is 12.3. The number of rotatable bonds is 5. The lowest BCUT2D eigenvalue weighted by atomic mass is 10.0. The van der Waals surface area contributed by atoms with Crippen molar-refractivity contribution >= 4 is 0 Å². The minimum atomic E-state index is 0.228. The van der Waals surface area contributed by atoms with E-state index in [0.29, 0.717) is 5.92 Å². The molecule has 0 radical (unpaired) electrons. The fourth-order valence-electron chi connectivity index (χ4n) is 2.31. The van der Waals surface area contributed by atoms with Gasteiger partial charge in [-0.25, -0.2) is 0 Å². The molecule has 1 rings (SSSR count). The summed E-state index contributed by atoms with van der Waals surface area (Å²) < 4.78 is 5.41. The summed E-state index contributed by atoms with van der Waals surface area (Å²) in [5.41, 5.74) is 0.228. The van der Waals surface area contributed by atoms with Crippen LogP contribution in [0.2, 0.25) is 0 Å². The van der Waals surface area contributed by atoms with Crippen molar-refractivity contribution in [2.75, 3.05) is 33.4 Å². The van der Waals surface area contributed by atoms with E-state index < -0.39 is 0 Å². The summed E-state index contributed by atoms with van der Waals surface area (Å²) in [5.74, 6) is 0.696. The quantitative estimate of drug-likeness (QED) is 0.799. The molecule has 0 aromatic rings. The van der Waals surface area contributed by atoms with Gasteiger partial charge >= 0.3 is 0 Å². The van der Waals surface area contributed by atoms with Crippen LogP contribution in [0.15, 0.2) is 0 Å². The number of ether oxygens (including phenoxy) is 1. The minimum Gasteiger partial charge on any atom is -0.381 e. The summed E-state index contributed by atoms with van der Waals surface area (Å²) in [5, 5.41) is 3.58. The molecule has 0 aliphatic carbocycles. The van der Waals surface area contributed by atoms with E-state index in [0.717, 1.165) is 25.8 Å². The van der Waals surface area contributed by atoms with E-state index in [1.54, 1.807) is 0 Å². The van der Waals surface area contributed by atoms with Crippen LogP contribution >= 0.6 is 0 Å². The third kappa shape index (κ3) is 6.39. The highest BCUT2D eigenvalue weighted by Gasteiger charge is 2.20. The van der Waals surface area contributed by atoms with Gasteiger partial charge in [0.1, 0.15) is 0 Å². The van der Waals surface area contributed by atoms with Crippen LogP contribution in [-0.2, 0) is 4.74 Å². The van der Waals surface area contributed by atoms with Gasteiger partial charge in [0.05, 0.1) is 0 Å². The van der Waals surface area contributed by atoms with Crippen LogP contribution in [0, 0.1) is 5.92 Å². The summed E-state index contributed by atoms with van der Waals surface area (Å²) in [6.45, 7) is 13.1. The monoisotopic (exact) mass is 242 g/mol. The molecule has 1 heterocycles. The third-order valence-electron chi connectivity index (χ3n) is 3.39. The van der Waals surface area contributed by atoms with E-state index in [2.05, 4.69) is 45.0 Å². The van der Waals surface area contributed by atoms with E-state index in [1.165, 1.54) is 19.4 Å². The molecule has 1 atom stereocenters. The first-order valence-electron chi connectivity index (χ1n) is 6.91. The van der Waals surface area contributed by atoms with Crippen LogP contribution in [0.4, 0.5) is 0 Å². The largest absolute Gasteiger partial charge is 0.381 e. The molecule has 0 aromatic heterocycles. The van der Waals surface area contributed by atoms with Crippen molar-refractivity contribution in [3.8, 4) is 0 Å². The predicted molar refractivity (Wildman–Crippen MR) is 73.4 cm³/mol. The minimum absolute atomic E-state index is 0.228. The van der Waals surface area contributed by atoms with Gasteiger partial charge in [0.15, 0.2) is 0 Å². The summed E-state index contributed by atoms with van der Waals surface area (Å²) in [4.78, 5) is 2.51. The smallest absolute Gasteiger partial charge is 0.0480 e. The lowest BCUT2D eigenvalue weighted by molar-refractivity contribution is 0.0388. The maximum Gasteiger partial charge on any atom is 0.0480 e. The summed E-state index contributed by atoms with van der Waals surface area (Å²) in [6, 6.07) is 0.723. The molecule has 0 bridgehead atoms. The Labute approximate surface area is 107 Å². The molecular weight excluding hydrogens is 212 g/mol. The summed E-state index contributed by atoms with van der Waals surface area (Å²) >= 11 is 0. The van der Waals surface area contributed by atoms with Gasteiger partial charge < -0.3 is 15.0 Å². The predicted octanol–water partition coefficient (Wildman–Crippen LogP) is 2.12. The summed E-state index contributed by atoms with van der Waals surface area (Å²) in [7, 11) is 2.25. The second-order valence-corrected chi connectivity index (χ2v) is 6.52. The van der Waals surface area contributed by atoms with Crippen LogP contribution in [-0.4, -0.2) is 49.8 Å². The van der Waals surface area contributed by atoms with Crippen molar-refractivity contribution in [3.05, 3.63) is 0 Å². The lowest BCUT2D eigenvalue weighted by Crippen LogP contribution is -2.43. The van der Waals surface area contributed by atoms with Crippen LogP contribution in [0.5, 0.6) is 0 Å². The molecule has 102 valence electrons. The van der Waals surface area contributed by atoms with Crippen molar-refractivity contribution in [3.63, 3.8) is 0 Å². The number of hydrogen-bond donors (Lipinski definition) is 1. The van der Waals surface area contributed by atoms with Crippen LogP contribution in [0.1, 0.15) is 40.5 Å². The molecule has 1 saturated heterocycles. The average molecular weight is 242 g/mol. The van der Waals surface area contributed by atoms with Crippen molar-refractivity contribution in [1.29, 1.82) is 0 Å². The van der Waals surface area contributed by atoms with E-state index in [9.17, 15) is 0 Å². The maximum absolute atomic E-state index is 5.41. The fraction of sp³-hybridized carbons (Fsp3) is 1.00. The molecule has 0 saturated carbocycles. The highest BCUT2D eigenvalue weighted by atomic mass is 16.5. The van der Waals surface area contributed by atoms with Crippen molar-refractivity contribution in [2.45, 2.75) is 52.1 Å². The van der Waals surface area contributed by atoms with Crippen LogP contribution in [0.3, 0.4) is 0 Å². The molecule has 1 aliphatic heterocycles. The first-order chi connectivity index (χ1) is 7.88. The molecule has 3 nitrogen and oxygen atoms in total. The van der Waals surface area contributed by atoms with Crippen molar-refractivity contribution < 1.29 is 4.74 Å². The van der Waals surface area contributed by atoms with E-state index in [-0.39, 0.29) is 5.54 Å². The maximum atomic E-state index is 5.41. The lowest BCUT2D eigenvalue weighted by Gasteiger charge is -2.33. The molecule has 1 N–H and O–H groups in total. The van der Waals surface area contributed by atoms with Gasteiger partial charge in [-0.3, -0.25) is 0 Å². The molecule has 1 aliphatic rings. The standard InChI is InChI=1S/C14H30N2O/c1-12(10-15-14(2,3)4)11-16(5)13-6-8-17-9-7-13/h12-13,15H,6-11H2,1-5H3. The van der Waals surface area contributed by atoms with E-state index in [1.807, 2.05) is 0 Å². The Bertz CT molecular complexity index is 207. The number of nitrogens with one attached hydrogen (secondary N) is 1. The second kappa shape index (κ2) is 6.72. The topological polar surface area (TPSA) is 24.5 Å². The molecule has 17 heavy (non-hydrogen) atoms. The fourth-order valence-corrected chi connectivity index (χ4v) is 2.31. The second-order valence-electron chi connectivity index (χ2n) is 6.52. The highest BCUT2D eigenvalue weighted by molar-refractivity contribution is 4.76. The van der Waals surface area contributed by atoms with E-state index in [4.69, 9.17) is 4.74 Å². The van der Waals surface area contributed by atoms with Gasteiger partial charge in [-0.05, 0) is 53.1 Å². The Morgan fingerprint density at radius 2 is 1.88 bits per heavy atom. The molecule has 1 fully saturated rings. The number of nitrogens with zero attached hydrogens (tertiary/aromatic N) is 1. The Morgan fingerprint density at radius 3 is 2.41 bits per heavy atom. The zero-order valence-electron chi connectivity index (χ0n) is 12.3. The van der Waals surface area contributed by atoms with Gasteiger partial charge in [-0.2, -0.15) is 0 Å². The van der Waals surface area contributed by atoms with Crippen molar-refractivity contribution in [2.24, 2.45) is 5.92 Å².